The SMILES string of the molecule is O=C(CCC1CCCC1)N=C1S[C@@H]2CS(=O)(=O)C[C@H]2N1c1cccc(Cl)c1Cl. The highest BCUT2D eigenvalue weighted by molar-refractivity contribution is 8.16. The molecule has 2 saturated heterocycles. The molecule has 0 unspecified atom stereocenters. The normalized spacial score (nSPS) is 28.2. The van der Waals surface area contributed by atoms with Crippen molar-refractivity contribution in [1.82, 2.24) is 0 Å². The molecule has 1 saturated carbocycles. The van der Waals surface area contributed by atoms with E-state index in [-0.39, 0.29) is 28.7 Å². The number of thioether (sulfide) groups is 1. The molecule has 3 fully saturated rings. The van der Waals surface area contributed by atoms with E-state index in [1.165, 1.54) is 37.4 Å². The van der Waals surface area contributed by atoms with Crippen LogP contribution in [0.1, 0.15) is 38.5 Å². The number of amides is 1. The van der Waals surface area contributed by atoms with E-state index in [4.69, 9.17) is 23.2 Å². The van der Waals surface area contributed by atoms with Crippen LogP contribution in [0.25, 0.3) is 0 Å². The Morgan fingerprint density at radius 3 is 2.71 bits per heavy atom. The molecule has 3 aliphatic rings. The maximum absolute atomic E-state index is 12.5. The van der Waals surface area contributed by atoms with E-state index in [1.807, 2.05) is 4.90 Å². The zero-order valence-electron chi connectivity index (χ0n) is 15.3. The number of amidine groups is 1. The lowest BCUT2D eigenvalue weighted by Gasteiger charge is -2.25. The zero-order chi connectivity index (χ0) is 19.9. The van der Waals surface area contributed by atoms with Crippen LogP contribution in [0.15, 0.2) is 23.2 Å². The molecular weight excluding hydrogens is 439 g/mol. The van der Waals surface area contributed by atoms with Gasteiger partial charge >= 0.3 is 0 Å². The lowest BCUT2D eigenvalue weighted by molar-refractivity contribution is -0.118. The fourth-order valence-corrected chi connectivity index (χ4v) is 8.62. The third kappa shape index (κ3) is 4.23. The van der Waals surface area contributed by atoms with Gasteiger partial charge in [0.1, 0.15) is 0 Å². The van der Waals surface area contributed by atoms with Crippen molar-refractivity contribution in [2.75, 3.05) is 16.4 Å². The summed E-state index contributed by atoms with van der Waals surface area (Å²) in [6.45, 7) is 0. The highest BCUT2D eigenvalue weighted by Gasteiger charge is 2.49. The number of hydrogen-bond acceptors (Lipinski definition) is 4. The fraction of sp³-hybridized carbons (Fsp3) is 0.579. The van der Waals surface area contributed by atoms with Gasteiger partial charge in [-0.2, -0.15) is 4.99 Å². The van der Waals surface area contributed by atoms with Crippen LogP contribution in [-0.2, 0) is 14.6 Å². The highest BCUT2D eigenvalue weighted by Crippen LogP contribution is 2.44. The number of benzene rings is 1. The maximum Gasteiger partial charge on any atom is 0.248 e. The minimum absolute atomic E-state index is 0.0305. The smallest absolute Gasteiger partial charge is 0.248 e. The van der Waals surface area contributed by atoms with Crippen molar-refractivity contribution in [3.63, 3.8) is 0 Å². The summed E-state index contributed by atoms with van der Waals surface area (Å²) in [7, 11) is -3.12. The molecule has 2 aliphatic heterocycles. The Bertz CT molecular complexity index is 914. The van der Waals surface area contributed by atoms with Crippen LogP contribution in [0.4, 0.5) is 5.69 Å². The van der Waals surface area contributed by atoms with E-state index in [2.05, 4.69) is 4.99 Å². The number of carbonyl (C=O) groups is 1. The largest absolute Gasteiger partial charge is 0.314 e. The first-order valence-corrected chi connectivity index (χ1v) is 13.0. The predicted molar refractivity (Wildman–Crippen MR) is 116 cm³/mol. The monoisotopic (exact) mass is 460 g/mol. The molecule has 4 rings (SSSR count). The number of anilines is 1. The van der Waals surface area contributed by atoms with E-state index in [9.17, 15) is 13.2 Å². The van der Waals surface area contributed by atoms with Crippen molar-refractivity contribution in [3.05, 3.63) is 28.2 Å². The Labute approximate surface area is 179 Å². The maximum atomic E-state index is 12.5. The van der Waals surface area contributed by atoms with Crippen molar-refractivity contribution in [2.45, 2.75) is 49.8 Å². The van der Waals surface area contributed by atoms with Gasteiger partial charge < -0.3 is 4.90 Å². The zero-order valence-corrected chi connectivity index (χ0v) is 18.5. The van der Waals surface area contributed by atoms with Gasteiger partial charge in [-0.15, -0.1) is 0 Å². The van der Waals surface area contributed by atoms with Gasteiger partial charge in [-0.3, -0.25) is 4.79 Å². The Morgan fingerprint density at radius 1 is 1.21 bits per heavy atom. The minimum atomic E-state index is -3.12. The first kappa shape index (κ1) is 20.5. The van der Waals surface area contributed by atoms with Crippen molar-refractivity contribution in [2.24, 2.45) is 10.9 Å². The second kappa shape index (κ2) is 8.17. The topological polar surface area (TPSA) is 66.8 Å². The minimum Gasteiger partial charge on any atom is -0.314 e. The van der Waals surface area contributed by atoms with Crippen molar-refractivity contribution >= 4 is 61.6 Å². The third-order valence-electron chi connectivity index (χ3n) is 5.72. The number of nitrogens with zero attached hydrogens (tertiary/aromatic N) is 2. The van der Waals surface area contributed by atoms with Gasteiger partial charge in [0.25, 0.3) is 0 Å². The Morgan fingerprint density at radius 2 is 1.96 bits per heavy atom. The van der Waals surface area contributed by atoms with Gasteiger partial charge in [0.2, 0.25) is 5.91 Å². The standard InChI is InChI=1S/C19H22Cl2N2O3S2/c20-13-6-3-7-14(18(13)21)23-15-10-28(25,26)11-16(15)27-19(23)22-17(24)9-8-12-4-1-2-5-12/h3,6-7,12,15-16H,1-2,4-5,8-11H2/t15-,16-/m1/s1. The van der Waals surface area contributed by atoms with Crippen LogP contribution in [-0.4, -0.2) is 42.3 Å². The van der Waals surface area contributed by atoms with Crippen LogP contribution in [0, 0.1) is 5.92 Å². The molecule has 1 aliphatic carbocycles. The average Bonchev–Trinajstić information content (AvgIpc) is 3.31. The molecule has 0 spiro atoms. The lowest BCUT2D eigenvalue weighted by Crippen LogP contribution is -2.38. The molecule has 5 nitrogen and oxygen atoms in total. The predicted octanol–water partition coefficient (Wildman–Crippen LogP) is 4.57. The second-order valence-corrected chi connectivity index (χ2v) is 11.9. The Hall–Kier alpha value is -0.760. The number of rotatable bonds is 4. The molecule has 28 heavy (non-hydrogen) atoms. The number of fused-ring (bicyclic) bond motifs is 1. The Balaban J connectivity index is 1.60. The molecule has 1 aromatic carbocycles. The second-order valence-electron chi connectivity index (χ2n) is 7.72. The molecule has 2 heterocycles. The molecule has 152 valence electrons. The van der Waals surface area contributed by atoms with Gasteiger partial charge in [0.05, 0.1) is 33.3 Å². The molecule has 2 atom stereocenters. The molecule has 1 aromatic rings. The summed E-state index contributed by atoms with van der Waals surface area (Å²) in [6.07, 6.45) is 6.21. The van der Waals surface area contributed by atoms with E-state index >= 15 is 0 Å². The van der Waals surface area contributed by atoms with E-state index < -0.39 is 9.84 Å². The van der Waals surface area contributed by atoms with Crippen molar-refractivity contribution in [3.8, 4) is 0 Å². The summed E-state index contributed by atoms with van der Waals surface area (Å²) in [4.78, 5) is 18.7. The van der Waals surface area contributed by atoms with Crippen molar-refractivity contribution in [1.29, 1.82) is 0 Å². The summed E-state index contributed by atoms with van der Waals surface area (Å²) in [5, 5.41) is 1.12. The van der Waals surface area contributed by atoms with Crippen LogP contribution >= 0.6 is 35.0 Å². The first-order valence-electron chi connectivity index (χ1n) is 9.56. The third-order valence-corrected chi connectivity index (χ3v) is 9.74. The fourth-order valence-electron chi connectivity index (χ4n) is 4.31. The first-order chi connectivity index (χ1) is 13.3. The summed E-state index contributed by atoms with van der Waals surface area (Å²) in [5.41, 5.74) is 0.605. The summed E-state index contributed by atoms with van der Waals surface area (Å²) in [6, 6.07) is 4.96. The molecule has 0 N–H and O–H groups in total. The van der Waals surface area contributed by atoms with Crippen molar-refractivity contribution < 1.29 is 13.2 Å². The molecule has 1 amide bonds. The van der Waals surface area contributed by atoms with E-state index in [0.717, 1.165) is 6.42 Å². The number of sulfone groups is 1. The molecule has 0 radical (unpaired) electrons. The highest BCUT2D eigenvalue weighted by atomic mass is 35.5. The van der Waals surface area contributed by atoms with Crippen LogP contribution in [0.3, 0.4) is 0 Å². The van der Waals surface area contributed by atoms with E-state index in [0.29, 0.717) is 33.2 Å². The molecule has 0 bridgehead atoms. The Kier molecular flexibility index (Phi) is 5.98. The quantitative estimate of drug-likeness (QED) is 0.658. The summed E-state index contributed by atoms with van der Waals surface area (Å²) >= 11 is 13.9. The average molecular weight is 461 g/mol. The molecule has 9 heteroatoms. The number of halogens is 2. The van der Waals surface area contributed by atoms with Gasteiger partial charge in [-0.1, -0.05) is 66.7 Å². The van der Waals surface area contributed by atoms with Crippen LogP contribution in [0.2, 0.25) is 10.0 Å². The molecular formula is C19H22Cl2N2O3S2. The van der Waals surface area contributed by atoms with Crippen LogP contribution in [0.5, 0.6) is 0 Å². The number of hydrogen-bond donors (Lipinski definition) is 0. The lowest BCUT2D eigenvalue weighted by atomic mass is 10.0. The van der Waals surface area contributed by atoms with Gasteiger partial charge in [0, 0.05) is 11.7 Å². The van der Waals surface area contributed by atoms with Gasteiger partial charge in [-0.25, -0.2) is 8.42 Å². The van der Waals surface area contributed by atoms with Crippen LogP contribution < -0.4 is 4.90 Å². The number of carbonyl (C=O) groups excluding carboxylic acids is 1. The van der Waals surface area contributed by atoms with Gasteiger partial charge in [0.15, 0.2) is 15.0 Å². The number of aliphatic imine (C=N–C) groups is 1. The summed E-state index contributed by atoms with van der Waals surface area (Å²) < 4.78 is 24.3. The van der Waals surface area contributed by atoms with E-state index in [1.54, 1.807) is 18.2 Å². The summed E-state index contributed by atoms with van der Waals surface area (Å²) in [5.74, 6) is 0.596. The van der Waals surface area contributed by atoms with Gasteiger partial charge in [-0.05, 0) is 24.5 Å². The molecule has 0 aromatic heterocycles.